The zero-order valence-electron chi connectivity index (χ0n) is 16.8. The van der Waals surface area contributed by atoms with Crippen LogP contribution in [0.3, 0.4) is 0 Å². The molecule has 0 unspecified atom stereocenters. The molecule has 6 nitrogen and oxygen atoms in total. The lowest BCUT2D eigenvalue weighted by molar-refractivity contribution is 0.105. The Balaban J connectivity index is 1.43. The SMILES string of the molecule is COc1cccc([C@H](NC[C@@H](O)COc2cccc3[nH]ccc23)c2ccccn2)c1. The summed E-state index contributed by atoms with van der Waals surface area (Å²) in [4.78, 5) is 7.65. The van der Waals surface area contributed by atoms with E-state index >= 15 is 0 Å². The third-order valence-corrected chi connectivity index (χ3v) is 4.95. The van der Waals surface area contributed by atoms with Crippen molar-refractivity contribution in [3.8, 4) is 11.5 Å². The van der Waals surface area contributed by atoms with Crippen molar-refractivity contribution in [1.82, 2.24) is 15.3 Å². The van der Waals surface area contributed by atoms with E-state index in [4.69, 9.17) is 9.47 Å². The molecule has 4 aromatic rings. The van der Waals surface area contributed by atoms with Crippen molar-refractivity contribution in [2.75, 3.05) is 20.3 Å². The first-order chi connectivity index (χ1) is 14.7. The Morgan fingerprint density at radius 3 is 2.80 bits per heavy atom. The van der Waals surface area contributed by atoms with Gasteiger partial charge in [-0.25, -0.2) is 0 Å². The Bertz CT molecular complexity index is 1080. The maximum Gasteiger partial charge on any atom is 0.128 e. The van der Waals surface area contributed by atoms with E-state index in [2.05, 4.69) is 15.3 Å². The molecule has 0 radical (unpaired) electrons. The first-order valence-corrected chi connectivity index (χ1v) is 9.90. The summed E-state index contributed by atoms with van der Waals surface area (Å²) in [7, 11) is 1.65. The van der Waals surface area contributed by atoms with E-state index in [0.29, 0.717) is 6.54 Å². The molecule has 30 heavy (non-hydrogen) atoms. The van der Waals surface area contributed by atoms with Crippen LogP contribution >= 0.6 is 0 Å². The average Bonchev–Trinajstić information content (AvgIpc) is 3.28. The van der Waals surface area contributed by atoms with Crippen LogP contribution in [-0.2, 0) is 0 Å². The predicted molar refractivity (Wildman–Crippen MR) is 117 cm³/mol. The minimum atomic E-state index is -0.684. The Hall–Kier alpha value is -3.35. The van der Waals surface area contributed by atoms with Crippen molar-refractivity contribution in [2.24, 2.45) is 0 Å². The third-order valence-electron chi connectivity index (χ3n) is 4.95. The van der Waals surface area contributed by atoms with Gasteiger partial charge in [-0.1, -0.05) is 24.3 Å². The van der Waals surface area contributed by atoms with Crippen LogP contribution < -0.4 is 14.8 Å². The monoisotopic (exact) mass is 403 g/mol. The number of aromatic nitrogens is 2. The number of pyridine rings is 1. The summed E-state index contributed by atoms with van der Waals surface area (Å²) < 4.78 is 11.2. The summed E-state index contributed by atoms with van der Waals surface area (Å²) in [5, 5.41) is 15.0. The molecule has 0 amide bonds. The molecular weight excluding hydrogens is 378 g/mol. The van der Waals surface area contributed by atoms with E-state index in [0.717, 1.165) is 33.7 Å². The van der Waals surface area contributed by atoms with Gasteiger partial charge in [0.25, 0.3) is 0 Å². The fraction of sp³-hybridized carbons (Fsp3) is 0.208. The van der Waals surface area contributed by atoms with Gasteiger partial charge in [0.2, 0.25) is 0 Å². The highest BCUT2D eigenvalue weighted by molar-refractivity contribution is 5.85. The minimum absolute atomic E-state index is 0.177. The fourth-order valence-electron chi connectivity index (χ4n) is 3.44. The Morgan fingerprint density at radius 1 is 1.07 bits per heavy atom. The van der Waals surface area contributed by atoms with Gasteiger partial charge in [0, 0.05) is 29.8 Å². The molecule has 2 atom stereocenters. The lowest BCUT2D eigenvalue weighted by atomic mass is 10.0. The molecule has 0 spiro atoms. The largest absolute Gasteiger partial charge is 0.497 e. The van der Waals surface area contributed by atoms with Gasteiger partial charge in [0.15, 0.2) is 0 Å². The summed E-state index contributed by atoms with van der Waals surface area (Å²) >= 11 is 0. The molecule has 4 rings (SSSR count). The van der Waals surface area contributed by atoms with Crippen molar-refractivity contribution in [1.29, 1.82) is 0 Å². The van der Waals surface area contributed by atoms with Gasteiger partial charge in [-0.05, 0) is 48.0 Å². The molecular formula is C24H25N3O3. The Kier molecular flexibility index (Phi) is 6.27. The van der Waals surface area contributed by atoms with Crippen LogP contribution in [0, 0.1) is 0 Å². The number of nitrogens with zero attached hydrogens (tertiary/aromatic N) is 1. The highest BCUT2D eigenvalue weighted by Gasteiger charge is 2.18. The van der Waals surface area contributed by atoms with Crippen LogP contribution in [0.25, 0.3) is 10.9 Å². The number of aliphatic hydroxyl groups is 1. The zero-order valence-corrected chi connectivity index (χ0v) is 16.8. The number of rotatable bonds is 9. The van der Waals surface area contributed by atoms with Crippen LogP contribution in [0.4, 0.5) is 0 Å². The van der Waals surface area contributed by atoms with Gasteiger partial charge in [-0.3, -0.25) is 4.98 Å². The van der Waals surface area contributed by atoms with Gasteiger partial charge < -0.3 is 24.9 Å². The number of H-pyrrole nitrogens is 1. The molecule has 0 aliphatic rings. The molecule has 0 bridgehead atoms. The van der Waals surface area contributed by atoms with Crippen LogP contribution in [0.5, 0.6) is 11.5 Å². The summed E-state index contributed by atoms with van der Waals surface area (Å²) in [5.41, 5.74) is 2.89. The molecule has 2 heterocycles. The summed E-state index contributed by atoms with van der Waals surface area (Å²) in [6.45, 7) is 0.534. The highest BCUT2D eigenvalue weighted by atomic mass is 16.5. The van der Waals surface area contributed by atoms with Crippen molar-refractivity contribution in [3.63, 3.8) is 0 Å². The van der Waals surface area contributed by atoms with E-state index < -0.39 is 6.10 Å². The maximum atomic E-state index is 10.5. The third kappa shape index (κ3) is 4.62. The second-order valence-electron chi connectivity index (χ2n) is 7.03. The second-order valence-corrected chi connectivity index (χ2v) is 7.03. The number of aromatic amines is 1. The molecule has 2 aromatic carbocycles. The fourth-order valence-corrected chi connectivity index (χ4v) is 3.44. The van der Waals surface area contributed by atoms with Crippen molar-refractivity contribution in [2.45, 2.75) is 12.1 Å². The van der Waals surface area contributed by atoms with Crippen LogP contribution in [0.2, 0.25) is 0 Å². The number of hydrogen-bond acceptors (Lipinski definition) is 5. The number of fused-ring (bicyclic) bond motifs is 1. The summed E-state index contributed by atoms with van der Waals surface area (Å²) in [6, 6.07) is 21.3. The number of hydrogen-bond donors (Lipinski definition) is 3. The van der Waals surface area contributed by atoms with Crippen LogP contribution in [-0.4, -0.2) is 41.4 Å². The number of aliphatic hydroxyl groups excluding tert-OH is 1. The van der Waals surface area contributed by atoms with Gasteiger partial charge >= 0.3 is 0 Å². The maximum absolute atomic E-state index is 10.5. The van der Waals surface area contributed by atoms with E-state index in [9.17, 15) is 5.11 Å². The predicted octanol–water partition coefficient (Wildman–Crippen LogP) is 3.69. The topological polar surface area (TPSA) is 79.4 Å². The van der Waals surface area contributed by atoms with Crippen molar-refractivity contribution >= 4 is 10.9 Å². The molecule has 0 saturated carbocycles. The van der Waals surface area contributed by atoms with Gasteiger partial charge in [-0.2, -0.15) is 0 Å². The first-order valence-electron chi connectivity index (χ1n) is 9.90. The lowest BCUT2D eigenvalue weighted by Gasteiger charge is -2.21. The van der Waals surface area contributed by atoms with E-state index in [1.807, 2.05) is 72.9 Å². The molecule has 0 aliphatic carbocycles. The van der Waals surface area contributed by atoms with Crippen LogP contribution in [0.15, 0.2) is 79.1 Å². The normalized spacial score (nSPS) is 13.1. The standard InChI is InChI=1S/C24H25N3O3/c1-29-19-7-4-6-17(14-19)24(22-8-2-3-12-25-22)27-15-18(28)16-30-23-10-5-9-21-20(23)11-13-26-21/h2-14,18,24,26-28H,15-16H2,1H3/t18-,24+/m1/s1. The van der Waals surface area contributed by atoms with Crippen molar-refractivity contribution in [3.05, 3.63) is 90.4 Å². The number of methoxy groups -OCH3 is 1. The highest BCUT2D eigenvalue weighted by Crippen LogP contribution is 2.25. The second kappa shape index (κ2) is 9.43. The number of ether oxygens (including phenoxy) is 2. The van der Waals surface area contributed by atoms with Gasteiger partial charge in [0.1, 0.15) is 24.2 Å². The molecule has 6 heteroatoms. The molecule has 3 N–H and O–H groups in total. The molecule has 154 valence electrons. The number of nitrogens with one attached hydrogen (secondary N) is 2. The van der Waals surface area contributed by atoms with Gasteiger partial charge in [-0.15, -0.1) is 0 Å². The van der Waals surface area contributed by atoms with Crippen LogP contribution in [0.1, 0.15) is 17.3 Å². The summed E-state index contributed by atoms with van der Waals surface area (Å²) in [5.74, 6) is 1.53. The average molecular weight is 403 g/mol. The van der Waals surface area contributed by atoms with Gasteiger partial charge in [0.05, 0.1) is 18.8 Å². The first kappa shape index (κ1) is 19.9. The Labute approximate surface area is 175 Å². The lowest BCUT2D eigenvalue weighted by Crippen LogP contribution is -2.34. The van der Waals surface area contributed by atoms with E-state index in [-0.39, 0.29) is 12.6 Å². The quantitative estimate of drug-likeness (QED) is 0.397. The minimum Gasteiger partial charge on any atom is -0.497 e. The van der Waals surface area contributed by atoms with Crippen molar-refractivity contribution < 1.29 is 14.6 Å². The molecule has 0 aliphatic heterocycles. The smallest absolute Gasteiger partial charge is 0.128 e. The number of benzene rings is 2. The van der Waals surface area contributed by atoms with E-state index in [1.54, 1.807) is 13.3 Å². The molecule has 2 aromatic heterocycles. The summed E-state index contributed by atoms with van der Waals surface area (Å²) in [6.07, 6.45) is 2.96. The Morgan fingerprint density at radius 2 is 1.97 bits per heavy atom. The van der Waals surface area contributed by atoms with E-state index in [1.165, 1.54) is 0 Å². The zero-order chi connectivity index (χ0) is 20.8. The molecule has 0 fully saturated rings. The molecule has 0 saturated heterocycles.